The van der Waals surface area contributed by atoms with Crippen LogP contribution in [-0.4, -0.2) is 56.0 Å². The van der Waals surface area contributed by atoms with Crippen LogP contribution in [0, 0.1) is 0 Å². The van der Waals surface area contributed by atoms with E-state index in [2.05, 4.69) is 24.1 Å². The van der Waals surface area contributed by atoms with E-state index in [1.54, 1.807) is 0 Å². The molecule has 0 radical (unpaired) electrons. The Labute approximate surface area is 98.3 Å². The number of hydrogen-bond acceptors (Lipinski definition) is 4. The maximum absolute atomic E-state index is 11.5. The van der Waals surface area contributed by atoms with Crippen molar-refractivity contribution < 1.29 is 8.42 Å². The summed E-state index contributed by atoms with van der Waals surface area (Å²) >= 11 is 0. The van der Waals surface area contributed by atoms with E-state index in [0.717, 1.165) is 32.5 Å². The Hall–Kier alpha value is -0.130. The lowest BCUT2D eigenvalue weighted by atomic mass is 9.95. The molecule has 1 N–H and O–H groups in total. The van der Waals surface area contributed by atoms with E-state index >= 15 is 0 Å². The first kappa shape index (κ1) is 12.3. The Balaban J connectivity index is 2.01. The molecule has 0 aromatic heterocycles. The molecular formula is C11H22N2O2S. The van der Waals surface area contributed by atoms with Crippen molar-refractivity contribution in [2.45, 2.75) is 38.3 Å². The van der Waals surface area contributed by atoms with E-state index in [1.807, 2.05) is 0 Å². The van der Waals surface area contributed by atoms with Crippen LogP contribution in [0.3, 0.4) is 0 Å². The summed E-state index contributed by atoms with van der Waals surface area (Å²) in [6, 6.07) is 0.262. The zero-order chi connectivity index (χ0) is 11.8. The van der Waals surface area contributed by atoms with Crippen LogP contribution in [0.15, 0.2) is 0 Å². The van der Waals surface area contributed by atoms with E-state index in [9.17, 15) is 8.42 Å². The van der Waals surface area contributed by atoms with Crippen molar-refractivity contribution >= 4 is 9.84 Å². The second-order valence-corrected chi connectivity index (χ2v) is 7.60. The molecule has 2 aliphatic rings. The van der Waals surface area contributed by atoms with Gasteiger partial charge in [-0.05, 0) is 19.8 Å². The Kier molecular flexibility index (Phi) is 3.29. The SMILES string of the molecule is CCC1(C)CN(C2CCS(=O)(=O)C2)CCN1. The van der Waals surface area contributed by atoms with Crippen molar-refractivity contribution in [1.82, 2.24) is 10.2 Å². The second-order valence-electron chi connectivity index (χ2n) is 5.37. The molecule has 4 nitrogen and oxygen atoms in total. The molecule has 0 saturated carbocycles. The van der Waals surface area contributed by atoms with Crippen LogP contribution in [0.1, 0.15) is 26.7 Å². The molecule has 0 bridgehead atoms. The lowest BCUT2D eigenvalue weighted by Gasteiger charge is -2.43. The molecule has 2 fully saturated rings. The zero-order valence-corrected chi connectivity index (χ0v) is 11.0. The van der Waals surface area contributed by atoms with Crippen LogP contribution < -0.4 is 5.32 Å². The average molecular weight is 246 g/mol. The number of piperazine rings is 1. The van der Waals surface area contributed by atoms with E-state index in [1.165, 1.54) is 0 Å². The van der Waals surface area contributed by atoms with Gasteiger partial charge in [-0.25, -0.2) is 8.42 Å². The topological polar surface area (TPSA) is 49.4 Å². The van der Waals surface area contributed by atoms with E-state index in [0.29, 0.717) is 11.5 Å². The van der Waals surface area contributed by atoms with Crippen LogP contribution in [0.5, 0.6) is 0 Å². The van der Waals surface area contributed by atoms with Gasteiger partial charge in [0, 0.05) is 31.2 Å². The summed E-state index contributed by atoms with van der Waals surface area (Å²) in [7, 11) is -2.75. The van der Waals surface area contributed by atoms with Gasteiger partial charge in [-0.3, -0.25) is 4.90 Å². The van der Waals surface area contributed by atoms with Crippen LogP contribution in [-0.2, 0) is 9.84 Å². The van der Waals surface area contributed by atoms with Gasteiger partial charge in [0.05, 0.1) is 11.5 Å². The van der Waals surface area contributed by atoms with Gasteiger partial charge < -0.3 is 5.32 Å². The molecule has 2 atom stereocenters. The molecular weight excluding hydrogens is 224 g/mol. The van der Waals surface area contributed by atoms with Crippen molar-refractivity contribution in [3.05, 3.63) is 0 Å². The molecule has 16 heavy (non-hydrogen) atoms. The predicted molar refractivity (Wildman–Crippen MR) is 65.3 cm³/mol. The van der Waals surface area contributed by atoms with Gasteiger partial charge in [-0.2, -0.15) is 0 Å². The van der Waals surface area contributed by atoms with Gasteiger partial charge in [0.1, 0.15) is 0 Å². The van der Waals surface area contributed by atoms with E-state index < -0.39 is 9.84 Å². The van der Waals surface area contributed by atoms with Crippen molar-refractivity contribution in [3.63, 3.8) is 0 Å². The summed E-state index contributed by atoms with van der Waals surface area (Å²) in [5.74, 6) is 0.747. The summed E-state index contributed by atoms with van der Waals surface area (Å²) in [5, 5.41) is 3.53. The number of sulfone groups is 1. The molecule has 0 aliphatic carbocycles. The first-order valence-corrected chi connectivity index (χ1v) is 7.96. The molecule has 0 spiro atoms. The minimum atomic E-state index is -2.75. The van der Waals surface area contributed by atoms with Crippen LogP contribution in [0.4, 0.5) is 0 Å². The zero-order valence-electron chi connectivity index (χ0n) is 10.2. The van der Waals surface area contributed by atoms with Gasteiger partial charge in [-0.1, -0.05) is 6.92 Å². The number of nitrogens with one attached hydrogen (secondary N) is 1. The molecule has 0 aromatic carbocycles. The van der Waals surface area contributed by atoms with Crippen molar-refractivity contribution in [2.75, 3.05) is 31.1 Å². The van der Waals surface area contributed by atoms with Crippen LogP contribution in [0.25, 0.3) is 0 Å². The molecule has 0 aromatic rings. The molecule has 94 valence electrons. The third-order valence-corrected chi connectivity index (χ3v) is 5.76. The highest BCUT2D eigenvalue weighted by atomic mass is 32.2. The highest BCUT2D eigenvalue weighted by Gasteiger charge is 2.37. The second kappa shape index (κ2) is 4.27. The Morgan fingerprint density at radius 2 is 2.25 bits per heavy atom. The fraction of sp³-hybridized carbons (Fsp3) is 1.00. The quantitative estimate of drug-likeness (QED) is 0.759. The summed E-state index contributed by atoms with van der Waals surface area (Å²) in [5.41, 5.74) is 0.157. The molecule has 5 heteroatoms. The van der Waals surface area contributed by atoms with Crippen LogP contribution in [0.2, 0.25) is 0 Å². The largest absolute Gasteiger partial charge is 0.309 e. The Morgan fingerprint density at radius 1 is 1.50 bits per heavy atom. The number of nitrogens with zero attached hydrogens (tertiary/aromatic N) is 1. The molecule has 2 aliphatic heterocycles. The smallest absolute Gasteiger partial charge is 0.151 e. The highest BCUT2D eigenvalue weighted by Crippen LogP contribution is 2.23. The minimum absolute atomic E-state index is 0.157. The highest BCUT2D eigenvalue weighted by molar-refractivity contribution is 7.91. The van der Waals surface area contributed by atoms with E-state index in [-0.39, 0.29) is 11.6 Å². The minimum Gasteiger partial charge on any atom is -0.309 e. The maximum Gasteiger partial charge on any atom is 0.151 e. The summed E-state index contributed by atoms with van der Waals surface area (Å²) in [4.78, 5) is 2.37. The molecule has 2 heterocycles. The summed E-state index contributed by atoms with van der Waals surface area (Å²) < 4.78 is 22.9. The number of hydrogen-bond donors (Lipinski definition) is 1. The first-order valence-electron chi connectivity index (χ1n) is 6.14. The van der Waals surface area contributed by atoms with Crippen molar-refractivity contribution in [2.24, 2.45) is 0 Å². The van der Waals surface area contributed by atoms with Crippen molar-refractivity contribution in [1.29, 1.82) is 0 Å². The van der Waals surface area contributed by atoms with Crippen LogP contribution >= 0.6 is 0 Å². The fourth-order valence-corrected chi connectivity index (χ4v) is 4.46. The van der Waals surface area contributed by atoms with Gasteiger partial charge in [0.25, 0.3) is 0 Å². The van der Waals surface area contributed by atoms with Crippen molar-refractivity contribution in [3.8, 4) is 0 Å². The maximum atomic E-state index is 11.5. The number of rotatable bonds is 2. The fourth-order valence-electron chi connectivity index (χ4n) is 2.70. The Morgan fingerprint density at radius 3 is 2.81 bits per heavy atom. The lowest BCUT2D eigenvalue weighted by molar-refractivity contribution is 0.107. The third-order valence-electron chi connectivity index (χ3n) is 4.01. The molecule has 2 unspecified atom stereocenters. The van der Waals surface area contributed by atoms with Gasteiger partial charge in [0.15, 0.2) is 9.84 Å². The third kappa shape index (κ3) is 2.57. The predicted octanol–water partition coefficient (Wildman–Crippen LogP) is 0.247. The van der Waals surface area contributed by atoms with Gasteiger partial charge >= 0.3 is 0 Å². The van der Waals surface area contributed by atoms with Gasteiger partial charge in [0.2, 0.25) is 0 Å². The molecule has 2 rings (SSSR count). The Bertz CT molecular complexity index is 355. The molecule has 2 saturated heterocycles. The first-order chi connectivity index (χ1) is 7.44. The van der Waals surface area contributed by atoms with Gasteiger partial charge in [-0.15, -0.1) is 0 Å². The van der Waals surface area contributed by atoms with E-state index in [4.69, 9.17) is 0 Å². The lowest BCUT2D eigenvalue weighted by Crippen LogP contribution is -2.60. The standard InChI is InChI=1S/C11H22N2O2S/c1-3-11(2)9-13(6-5-12-11)10-4-7-16(14,15)8-10/h10,12H,3-9H2,1-2H3. The average Bonchev–Trinajstić information content (AvgIpc) is 2.59. The normalized spacial score (nSPS) is 40.0. The summed E-state index contributed by atoms with van der Waals surface area (Å²) in [6.07, 6.45) is 1.91. The monoisotopic (exact) mass is 246 g/mol. The molecule has 0 amide bonds. The summed E-state index contributed by atoms with van der Waals surface area (Å²) in [6.45, 7) is 7.34.